The Balaban J connectivity index is 1.38. The molecule has 2 amide bonds. The molecular formula is C14H19FN2O3. The van der Waals surface area contributed by atoms with Gasteiger partial charge in [-0.25, -0.2) is 9.18 Å². The average molecular weight is 282 g/mol. The highest BCUT2D eigenvalue weighted by atomic mass is 19.1. The molecule has 6 heteroatoms. The van der Waals surface area contributed by atoms with Gasteiger partial charge in [-0.05, 0) is 37.5 Å². The van der Waals surface area contributed by atoms with Gasteiger partial charge in [0.1, 0.15) is 6.10 Å². The maximum Gasteiger partial charge on any atom is 0.407 e. The second-order valence-corrected chi connectivity index (χ2v) is 7.01. The summed E-state index contributed by atoms with van der Waals surface area (Å²) in [6, 6.07) is -0.210. The van der Waals surface area contributed by atoms with E-state index in [2.05, 4.69) is 10.6 Å². The monoisotopic (exact) mass is 282 g/mol. The summed E-state index contributed by atoms with van der Waals surface area (Å²) >= 11 is 0. The molecule has 0 radical (unpaired) electrons. The van der Waals surface area contributed by atoms with E-state index in [1.807, 2.05) is 0 Å². The van der Waals surface area contributed by atoms with Crippen LogP contribution < -0.4 is 10.6 Å². The Morgan fingerprint density at radius 1 is 1.35 bits per heavy atom. The van der Waals surface area contributed by atoms with Crippen LogP contribution >= 0.6 is 0 Å². The summed E-state index contributed by atoms with van der Waals surface area (Å²) in [7, 11) is 0. The first kappa shape index (κ1) is 12.4. The van der Waals surface area contributed by atoms with E-state index < -0.39 is 17.7 Å². The van der Waals surface area contributed by atoms with Crippen LogP contribution in [0.15, 0.2) is 0 Å². The smallest absolute Gasteiger partial charge is 0.407 e. The average Bonchev–Trinajstić information content (AvgIpc) is 2.57. The lowest BCUT2D eigenvalue weighted by Gasteiger charge is -2.56. The first-order chi connectivity index (χ1) is 9.48. The molecule has 1 heterocycles. The van der Waals surface area contributed by atoms with Crippen molar-refractivity contribution >= 4 is 12.0 Å². The standard InChI is InChI=1S/C14H19FN2O3/c15-14(6-13(7-14)2-1-3-13)11(18)17-9-4-8-5-10(9)20-12(19)16-8/h8-10H,1-7H2,(H,16,19)(H,17,18)/t8-,9-,10-/m1/s1. The van der Waals surface area contributed by atoms with Gasteiger partial charge in [0.15, 0.2) is 5.67 Å². The molecule has 1 aliphatic heterocycles. The molecule has 4 fully saturated rings. The Kier molecular flexibility index (Phi) is 2.40. The van der Waals surface area contributed by atoms with Crippen molar-refractivity contribution in [2.45, 2.75) is 68.8 Å². The number of alkyl halides is 1. The molecule has 0 aromatic heterocycles. The van der Waals surface area contributed by atoms with E-state index in [1.54, 1.807) is 0 Å². The van der Waals surface area contributed by atoms with Gasteiger partial charge in [0, 0.05) is 12.5 Å². The van der Waals surface area contributed by atoms with Crippen LogP contribution in [0.5, 0.6) is 0 Å². The quantitative estimate of drug-likeness (QED) is 0.805. The van der Waals surface area contributed by atoms with Crippen molar-refractivity contribution in [2.24, 2.45) is 5.41 Å². The van der Waals surface area contributed by atoms with E-state index in [0.717, 1.165) is 19.3 Å². The number of hydrogen-bond acceptors (Lipinski definition) is 3. The van der Waals surface area contributed by atoms with Crippen molar-refractivity contribution in [3.63, 3.8) is 0 Å². The molecule has 0 aromatic rings. The normalized spacial score (nSPS) is 39.2. The van der Waals surface area contributed by atoms with E-state index in [1.165, 1.54) is 0 Å². The van der Waals surface area contributed by atoms with Gasteiger partial charge in [0.2, 0.25) is 0 Å². The first-order valence-corrected chi connectivity index (χ1v) is 7.45. The summed E-state index contributed by atoms with van der Waals surface area (Å²) in [4.78, 5) is 23.4. The molecule has 0 unspecified atom stereocenters. The lowest BCUT2D eigenvalue weighted by Crippen LogP contribution is -2.61. The zero-order valence-electron chi connectivity index (χ0n) is 11.3. The number of halogens is 1. The molecule has 2 bridgehead atoms. The third-order valence-electron chi connectivity index (χ3n) is 5.53. The maximum absolute atomic E-state index is 14.6. The van der Waals surface area contributed by atoms with Gasteiger partial charge < -0.3 is 15.4 Å². The number of amides is 2. The van der Waals surface area contributed by atoms with Crippen LogP contribution in [0.2, 0.25) is 0 Å². The third-order valence-corrected chi connectivity index (χ3v) is 5.53. The Hall–Kier alpha value is -1.33. The number of nitrogens with one attached hydrogen (secondary N) is 2. The topological polar surface area (TPSA) is 67.4 Å². The predicted molar refractivity (Wildman–Crippen MR) is 67.7 cm³/mol. The molecule has 4 rings (SSSR count). The van der Waals surface area contributed by atoms with Crippen molar-refractivity contribution in [3.8, 4) is 0 Å². The molecule has 20 heavy (non-hydrogen) atoms. The van der Waals surface area contributed by atoms with Crippen molar-refractivity contribution in [3.05, 3.63) is 0 Å². The summed E-state index contributed by atoms with van der Waals surface area (Å²) in [6.07, 6.45) is 4.59. The second-order valence-electron chi connectivity index (χ2n) is 7.01. The largest absolute Gasteiger partial charge is 0.444 e. The third kappa shape index (κ3) is 1.73. The minimum absolute atomic E-state index is 0.0430. The van der Waals surface area contributed by atoms with Crippen LogP contribution in [0, 0.1) is 5.41 Å². The van der Waals surface area contributed by atoms with Crippen molar-refractivity contribution < 1.29 is 18.7 Å². The molecule has 2 N–H and O–H groups in total. The summed E-state index contributed by atoms with van der Waals surface area (Å²) in [6.45, 7) is 0. The van der Waals surface area contributed by atoms with Crippen LogP contribution in [0.4, 0.5) is 9.18 Å². The molecule has 1 saturated heterocycles. The number of alkyl carbamates (subject to hydrolysis) is 1. The summed E-state index contributed by atoms with van der Waals surface area (Å²) in [5, 5.41) is 5.47. The number of carbonyl (C=O) groups excluding carboxylic acids is 2. The van der Waals surface area contributed by atoms with Crippen LogP contribution in [-0.4, -0.2) is 35.9 Å². The summed E-state index contributed by atoms with van der Waals surface area (Å²) < 4.78 is 19.7. The first-order valence-electron chi connectivity index (χ1n) is 7.45. The Morgan fingerprint density at radius 2 is 2.10 bits per heavy atom. The van der Waals surface area contributed by atoms with Crippen LogP contribution in [0.25, 0.3) is 0 Å². The molecule has 3 aliphatic carbocycles. The zero-order chi connectivity index (χ0) is 14.0. The number of carbonyl (C=O) groups is 2. The molecule has 4 aliphatic rings. The number of rotatable bonds is 2. The van der Waals surface area contributed by atoms with E-state index in [9.17, 15) is 14.0 Å². The Bertz CT molecular complexity index is 469. The Labute approximate surface area is 116 Å². The number of hydrogen-bond donors (Lipinski definition) is 2. The van der Waals surface area contributed by atoms with Gasteiger partial charge in [-0.1, -0.05) is 6.42 Å². The minimum atomic E-state index is -1.70. The highest BCUT2D eigenvalue weighted by molar-refractivity contribution is 5.87. The Morgan fingerprint density at radius 3 is 2.75 bits per heavy atom. The lowest BCUT2D eigenvalue weighted by molar-refractivity contribution is -0.162. The fourth-order valence-corrected chi connectivity index (χ4v) is 4.36. The van der Waals surface area contributed by atoms with E-state index in [4.69, 9.17) is 4.74 Å². The van der Waals surface area contributed by atoms with Gasteiger partial charge in [-0.2, -0.15) is 0 Å². The summed E-state index contributed by atoms with van der Waals surface area (Å²) in [5.74, 6) is -0.511. The molecular weight excluding hydrogens is 263 g/mol. The van der Waals surface area contributed by atoms with Crippen molar-refractivity contribution in [1.29, 1.82) is 0 Å². The minimum Gasteiger partial charge on any atom is -0.444 e. The molecule has 1 spiro atoms. The van der Waals surface area contributed by atoms with Crippen molar-refractivity contribution in [2.75, 3.05) is 0 Å². The van der Waals surface area contributed by atoms with Crippen LogP contribution in [-0.2, 0) is 9.53 Å². The van der Waals surface area contributed by atoms with Gasteiger partial charge >= 0.3 is 6.09 Å². The molecule has 5 nitrogen and oxygen atoms in total. The second kappa shape index (κ2) is 3.86. The molecule has 0 aromatic carbocycles. The maximum atomic E-state index is 14.6. The van der Waals surface area contributed by atoms with E-state index in [0.29, 0.717) is 25.7 Å². The van der Waals surface area contributed by atoms with Gasteiger partial charge in [-0.3, -0.25) is 4.79 Å². The summed E-state index contributed by atoms with van der Waals surface area (Å²) in [5.41, 5.74) is -1.58. The highest BCUT2D eigenvalue weighted by Crippen LogP contribution is 2.62. The highest BCUT2D eigenvalue weighted by Gasteiger charge is 2.62. The zero-order valence-corrected chi connectivity index (χ0v) is 11.3. The SMILES string of the molecule is O=C1N[C@@H]2C[C@@H](NC(=O)C3(F)CC4(CCC4)C3)[C@@H](C2)O1. The van der Waals surface area contributed by atoms with Crippen LogP contribution in [0.3, 0.4) is 0 Å². The van der Waals surface area contributed by atoms with Gasteiger partial charge in [-0.15, -0.1) is 0 Å². The lowest BCUT2D eigenvalue weighted by atomic mass is 9.50. The van der Waals surface area contributed by atoms with Gasteiger partial charge in [0.25, 0.3) is 5.91 Å². The van der Waals surface area contributed by atoms with E-state index in [-0.39, 0.29) is 23.6 Å². The van der Waals surface area contributed by atoms with Crippen molar-refractivity contribution in [1.82, 2.24) is 10.6 Å². The van der Waals surface area contributed by atoms with Crippen LogP contribution in [0.1, 0.15) is 44.9 Å². The number of ether oxygens (including phenoxy) is 1. The molecule has 3 saturated carbocycles. The molecule has 110 valence electrons. The molecule has 3 atom stereocenters. The fourth-order valence-electron chi connectivity index (χ4n) is 4.36. The van der Waals surface area contributed by atoms with Gasteiger partial charge in [0.05, 0.1) is 6.04 Å². The number of fused-ring (bicyclic) bond motifs is 2. The predicted octanol–water partition coefficient (Wildman–Crippen LogP) is 1.41. The van der Waals surface area contributed by atoms with E-state index >= 15 is 0 Å². The fraction of sp³-hybridized carbons (Fsp3) is 0.857.